The second-order valence-corrected chi connectivity index (χ2v) is 5.55. The summed E-state index contributed by atoms with van der Waals surface area (Å²) < 4.78 is 80.5. The van der Waals surface area contributed by atoms with Gasteiger partial charge >= 0.3 is 12.4 Å². The number of ether oxygens (including phenoxy) is 1. The number of aromatic nitrogens is 2. The lowest BCUT2D eigenvalue weighted by Crippen LogP contribution is -2.24. The van der Waals surface area contributed by atoms with Gasteiger partial charge in [-0.25, -0.2) is 4.98 Å². The number of nitrogens with zero attached hydrogens (tertiary/aromatic N) is 3. The second kappa shape index (κ2) is 8.01. The van der Waals surface area contributed by atoms with Crippen LogP contribution in [0.3, 0.4) is 0 Å². The van der Waals surface area contributed by atoms with Crippen molar-refractivity contribution in [2.75, 3.05) is 18.1 Å². The van der Waals surface area contributed by atoms with Gasteiger partial charge in [0, 0.05) is 18.4 Å². The molecule has 0 bridgehead atoms. The Morgan fingerprint density at radius 3 is 2.11 bits per heavy atom. The minimum atomic E-state index is -4.95. The number of rotatable bonds is 6. The molecule has 27 heavy (non-hydrogen) atoms. The highest BCUT2D eigenvalue weighted by atomic mass is 19.4. The van der Waals surface area contributed by atoms with Gasteiger partial charge in [0.25, 0.3) is 0 Å². The Balaban J connectivity index is 2.42. The molecule has 0 radical (unpaired) electrons. The van der Waals surface area contributed by atoms with Crippen LogP contribution in [0.25, 0.3) is 0 Å². The van der Waals surface area contributed by atoms with Gasteiger partial charge in [0.05, 0.1) is 0 Å². The fourth-order valence-electron chi connectivity index (χ4n) is 2.29. The summed E-state index contributed by atoms with van der Waals surface area (Å²) in [6, 6.07) is 7.14. The van der Waals surface area contributed by atoms with Crippen molar-refractivity contribution in [3.8, 4) is 5.88 Å². The second-order valence-electron chi connectivity index (χ2n) is 5.55. The molecule has 0 unspecified atom stereocenters. The minimum absolute atomic E-state index is 0.188. The van der Waals surface area contributed by atoms with Crippen molar-refractivity contribution >= 4 is 11.6 Å². The SMILES string of the molecule is CCc1ccc(N(CC)c2ncc(C(F)(F)F)c(OCC(F)(F)F)n2)cc1. The number of alkyl halides is 6. The Bertz CT molecular complexity index is 759. The Kier molecular flexibility index (Phi) is 6.17. The molecule has 0 spiro atoms. The van der Waals surface area contributed by atoms with Crippen LogP contribution in [0.15, 0.2) is 30.5 Å². The van der Waals surface area contributed by atoms with E-state index in [0.29, 0.717) is 11.9 Å². The summed E-state index contributed by atoms with van der Waals surface area (Å²) in [5.41, 5.74) is 0.182. The maximum Gasteiger partial charge on any atom is 0.423 e. The average molecular weight is 393 g/mol. The number of hydrogen-bond donors (Lipinski definition) is 0. The first-order valence-electron chi connectivity index (χ1n) is 8.05. The summed E-state index contributed by atoms with van der Waals surface area (Å²) in [6.45, 7) is 2.08. The van der Waals surface area contributed by atoms with E-state index in [1.54, 1.807) is 19.1 Å². The lowest BCUT2D eigenvalue weighted by molar-refractivity contribution is -0.159. The van der Waals surface area contributed by atoms with E-state index in [1.807, 2.05) is 19.1 Å². The molecule has 4 nitrogen and oxygen atoms in total. The van der Waals surface area contributed by atoms with Crippen LogP contribution in [0.4, 0.5) is 38.0 Å². The number of halogens is 6. The van der Waals surface area contributed by atoms with Crippen molar-refractivity contribution in [3.05, 3.63) is 41.6 Å². The number of hydrogen-bond acceptors (Lipinski definition) is 4. The Morgan fingerprint density at radius 2 is 1.63 bits per heavy atom. The van der Waals surface area contributed by atoms with Gasteiger partial charge in [-0.3, -0.25) is 0 Å². The summed E-state index contributed by atoms with van der Waals surface area (Å²) in [4.78, 5) is 8.75. The lowest BCUT2D eigenvalue weighted by Gasteiger charge is -2.23. The molecule has 1 aromatic heterocycles. The van der Waals surface area contributed by atoms with Crippen LogP contribution < -0.4 is 9.64 Å². The Hall–Kier alpha value is -2.52. The third kappa shape index (κ3) is 5.48. The quantitative estimate of drug-likeness (QED) is 0.636. The molecule has 0 atom stereocenters. The highest BCUT2D eigenvalue weighted by Crippen LogP contribution is 2.36. The smallest absolute Gasteiger partial charge is 0.423 e. The van der Waals surface area contributed by atoms with E-state index in [4.69, 9.17) is 0 Å². The predicted octanol–water partition coefficient (Wildman–Crippen LogP) is 5.16. The van der Waals surface area contributed by atoms with Crippen LogP contribution in [0.2, 0.25) is 0 Å². The largest absolute Gasteiger partial charge is 0.467 e. The molecular formula is C17H17F6N3O. The van der Waals surface area contributed by atoms with E-state index in [1.165, 1.54) is 4.90 Å². The van der Waals surface area contributed by atoms with Gasteiger partial charge in [-0.05, 0) is 31.0 Å². The molecule has 2 rings (SSSR count). The van der Waals surface area contributed by atoms with Gasteiger partial charge in [-0.1, -0.05) is 19.1 Å². The minimum Gasteiger partial charge on any atom is -0.467 e. The number of aryl methyl sites for hydroxylation is 1. The molecule has 0 saturated carbocycles. The van der Waals surface area contributed by atoms with Crippen molar-refractivity contribution in [1.82, 2.24) is 9.97 Å². The van der Waals surface area contributed by atoms with Gasteiger partial charge in [0.1, 0.15) is 5.56 Å². The molecule has 0 N–H and O–H groups in total. The zero-order chi connectivity index (χ0) is 20.2. The summed E-state index contributed by atoms with van der Waals surface area (Å²) >= 11 is 0. The van der Waals surface area contributed by atoms with Crippen molar-refractivity contribution < 1.29 is 31.1 Å². The molecule has 0 saturated heterocycles. The van der Waals surface area contributed by atoms with E-state index in [0.717, 1.165) is 12.0 Å². The predicted molar refractivity (Wildman–Crippen MR) is 87.1 cm³/mol. The zero-order valence-corrected chi connectivity index (χ0v) is 14.5. The van der Waals surface area contributed by atoms with E-state index in [2.05, 4.69) is 14.7 Å². The summed E-state index contributed by atoms with van der Waals surface area (Å²) in [7, 11) is 0. The zero-order valence-electron chi connectivity index (χ0n) is 14.5. The third-order valence-electron chi connectivity index (χ3n) is 3.63. The standard InChI is InChI=1S/C17H17F6N3O/c1-3-11-5-7-12(8-6-11)26(4-2)15-24-9-13(17(21,22)23)14(25-15)27-10-16(18,19)20/h5-9H,3-4,10H2,1-2H3. The van der Waals surface area contributed by atoms with Crippen LogP contribution in [0.1, 0.15) is 25.0 Å². The normalized spacial score (nSPS) is 12.1. The lowest BCUT2D eigenvalue weighted by atomic mass is 10.1. The molecule has 1 heterocycles. The van der Waals surface area contributed by atoms with Crippen LogP contribution in [0, 0.1) is 0 Å². The number of anilines is 2. The maximum absolute atomic E-state index is 13.0. The van der Waals surface area contributed by atoms with Crippen LogP contribution in [0.5, 0.6) is 5.88 Å². The molecule has 0 fully saturated rings. The molecule has 0 aliphatic carbocycles. The fourth-order valence-corrected chi connectivity index (χ4v) is 2.29. The molecular weight excluding hydrogens is 376 g/mol. The van der Waals surface area contributed by atoms with Crippen LogP contribution in [-0.4, -0.2) is 29.3 Å². The third-order valence-corrected chi connectivity index (χ3v) is 3.63. The van der Waals surface area contributed by atoms with E-state index in [-0.39, 0.29) is 12.5 Å². The molecule has 10 heteroatoms. The number of benzene rings is 1. The Morgan fingerprint density at radius 1 is 1.00 bits per heavy atom. The van der Waals surface area contributed by atoms with Gasteiger partial charge in [0.2, 0.25) is 11.8 Å². The first kappa shape index (κ1) is 20.8. The summed E-state index contributed by atoms with van der Waals surface area (Å²) in [5.74, 6) is -1.35. The van der Waals surface area contributed by atoms with E-state index < -0.39 is 30.4 Å². The van der Waals surface area contributed by atoms with Crippen LogP contribution >= 0.6 is 0 Å². The van der Waals surface area contributed by atoms with Crippen molar-refractivity contribution in [2.45, 2.75) is 32.6 Å². The van der Waals surface area contributed by atoms with Gasteiger partial charge < -0.3 is 9.64 Å². The van der Waals surface area contributed by atoms with Crippen molar-refractivity contribution in [3.63, 3.8) is 0 Å². The topological polar surface area (TPSA) is 38.2 Å². The molecule has 2 aromatic rings. The summed E-state index contributed by atoms with van der Waals surface area (Å²) in [6.07, 6.45) is -8.51. The van der Waals surface area contributed by atoms with Gasteiger partial charge in [-0.2, -0.15) is 31.3 Å². The molecule has 0 aliphatic rings. The first-order chi connectivity index (χ1) is 12.5. The summed E-state index contributed by atoms with van der Waals surface area (Å²) in [5, 5.41) is 0. The monoisotopic (exact) mass is 393 g/mol. The van der Waals surface area contributed by atoms with Crippen molar-refractivity contribution in [1.29, 1.82) is 0 Å². The van der Waals surface area contributed by atoms with Crippen molar-refractivity contribution in [2.24, 2.45) is 0 Å². The maximum atomic E-state index is 13.0. The molecule has 0 aliphatic heterocycles. The molecule has 0 amide bonds. The fraction of sp³-hybridized carbons (Fsp3) is 0.412. The highest BCUT2D eigenvalue weighted by molar-refractivity contribution is 5.58. The van der Waals surface area contributed by atoms with E-state index >= 15 is 0 Å². The van der Waals surface area contributed by atoms with Gasteiger partial charge in [0.15, 0.2) is 6.61 Å². The van der Waals surface area contributed by atoms with Crippen LogP contribution in [-0.2, 0) is 12.6 Å². The Labute approximate surface area is 151 Å². The van der Waals surface area contributed by atoms with Gasteiger partial charge in [-0.15, -0.1) is 0 Å². The molecule has 148 valence electrons. The highest BCUT2D eigenvalue weighted by Gasteiger charge is 2.38. The first-order valence-corrected chi connectivity index (χ1v) is 8.05. The molecule has 1 aromatic carbocycles. The average Bonchev–Trinajstić information content (AvgIpc) is 2.60. The van der Waals surface area contributed by atoms with E-state index in [9.17, 15) is 26.3 Å².